The molecule has 0 bridgehead atoms. The van der Waals surface area contributed by atoms with Crippen molar-refractivity contribution < 1.29 is 13.5 Å². The predicted molar refractivity (Wildman–Crippen MR) is 91.7 cm³/mol. The monoisotopic (exact) mass is 357 g/mol. The van der Waals surface area contributed by atoms with Crippen LogP contribution in [0.15, 0.2) is 41.1 Å². The number of methoxy groups -OCH3 is 1. The summed E-state index contributed by atoms with van der Waals surface area (Å²) in [5, 5.41) is 8.24. The lowest BCUT2D eigenvalue weighted by Crippen LogP contribution is -2.22. The van der Waals surface area contributed by atoms with Crippen LogP contribution in [0.2, 0.25) is 0 Å². The van der Waals surface area contributed by atoms with Crippen molar-refractivity contribution in [3.05, 3.63) is 54.1 Å². The summed E-state index contributed by atoms with van der Waals surface area (Å²) < 4.78 is 26.5. The molecule has 1 saturated heterocycles. The molecule has 0 spiro atoms. The fourth-order valence-corrected chi connectivity index (χ4v) is 3.39. The molecule has 3 aromatic rings. The van der Waals surface area contributed by atoms with Crippen LogP contribution in [-0.2, 0) is 18.3 Å². The van der Waals surface area contributed by atoms with Crippen molar-refractivity contribution in [3.63, 3.8) is 0 Å². The van der Waals surface area contributed by atoms with E-state index in [4.69, 9.17) is 9.15 Å². The van der Waals surface area contributed by atoms with Gasteiger partial charge in [0.25, 0.3) is 0 Å². The number of oxazole rings is 1. The highest BCUT2D eigenvalue weighted by atomic mass is 19.1. The lowest BCUT2D eigenvalue weighted by atomic mass is 10.0. The standard InChI is InChI=1S/C18H20FN5O2/c1-23-9-15(21-22-23)14-8-24(10-17(14)25-2)11-18-20-7-16(26-18)12-4-3-5-13(19)6-12/h3-7,9,14,17H,8,10-11H2,1-2H3/t14-,17+/m0/s1. The van der Waals surface area contributed by atoms with Crippen LogP contribution in [0.3, 0.4) is 0 Å². The number of aryl methyl sites for hydroxylation is 1. The van der Waals surface area contributed by atoms with Gasteiger partial charge >= 0.3 is 0 Å². The Labute approximate surface area is 150 Å². The van der Waals surface area contributed by atoms with Crippen LogP contribution in [0, 0.1) is 5.82 Å². The Morgan fingerprint density at radius 3 is 2.96 bits per heavy atom. The van der Waals surface area contributed by atoms with Gasteiger partial charge in [0.1, 0.15) is 5.82 Å². The van der Waals surface area contributed by atoms with Crippen LogP contribution in [0.4, 0.5) is 4.39 Å². The van der Waals surface area contributed by atoms with Crippen molar-refractivity contribution in [3.8, 4) is 11.3 Å². The Balaban J connectivity index is 1.46. The zero-order chi connectivity index (χ0) is 18.1. The molecule has 26 heavy (non-hydrogen) atoms. The second kappa shape index (κ2) is 6.97. The number of ether oxygens (including phenoxy) is 1. The highest BCUT2D eigenvalue weighted by molar-refractivity contribution is 5.56. The van der Waals surface area contributed by atoms with Crippen LogP contribution < -0.4 is 0 Å². The average Bonchev–Trinajstić information content (AvgIpc) is 3.35. The largest absolute Gasteiger partial charge is 0.439 e. The minimum Gasteiger partial charge on any atom is -0.439 e. The third-order valence-electron chi connectivity index (χ3n) is 4.67. The zero-order valence-corrected chi connectivity index (χ0v) is 14.7. The smallest absolute Gasteiger partial charge is 0.209 e. The summed E-state index contributed by atoms with van der Waals surface area (Å²) in [6.07, 6.45) is 3.60. The second-order valence-electron chi connectivity index (χ2n) is 6.52. The van der Waals surface area contributed by atoms with Crippen molar-refractivity contribution in [2.24, 2.45) is 7.05 Å². The van der Waals surface area contributed by atoms with Gasteiger partial charge in [-0.25, -0.2) is 9.37 Å². The first-order valence-electron chi connectivity index (χ1n) is 8.44. The van der Waals surface area contributed by atoms with Gasteiger partial charge in [-0.05, 0) is 12.1 Å². The summed E-state index contributed by atoms with van der Waals surface area (Å²) in [6.45, 7) is 2.11. The first-order chi connectivity index (χ1) is 12.6. The van der Waals surface area contributed by atoms with Crippen LogP contribution in [0.5, 0.6) is 0 Å². The molecule has 1 fully saturated rings. The Morgan fingerprint density at radius 2 is 2.23 bits per heavy atom. The predicted octanol–water partition coefficient (Wildman–Crippen LogP) is 2.22. The van der Waals surface area contributed by atoms with Gasteiger partial charge in [0.2, 0.25) is 5.89 Å². The van der Waals surface area contributed by atoms with E-state index in [2.05, 4.69) is 20.2 Å². The van der Waals surface area contributed by atoms with E-state index in [1.807, 2.05) is 13.2 Å². The van der Waals surface area contributed by atoms with Crippen molar-refractivity contribution in [1.82, 2.24) is 24.9 Å². The number of nitrogens with zero attached hydrogens (tertiary/aromatic N) is 5. The fourth-order valence-electron chi connectivity index (χ4n) is 3.39. The van der Waals surface area contributed by atoms with E-state index in [-0.39, 0.29) is 17.8 Å². The molecule has 136 valence electrons. The number of hydrogen-bond donors (Lipinski definition) is 0. The summed E-state index contributed by atoms with van der Waals surface area (Å²) in [5.41, 5.74) is 1.60. The molecular formula is C18H20FN5O2. The number of hydrogen-bond acceptors (Lipinski definition) is 6. The molecule has 2 aromatic heterocycles. The topological polar surface area (TPSA) is 69.2 Å². The van der Waals surface area contributed by atoms with Gasteiger partial charge in [0, 0.05) is 44.9 Å². The maximum absolute atomic E-state index is 13.4. The number of benzene rings is 1. The summed E-state index contributed by atoms with van der Waals surface area (Å²) in [7, 11) is 3.57. The number of halogens is 1. The lowest BCUT2D eigenvalue weighted by molar-refractivity contribution is 0.0949. The van der Waals surface area contributed by atoms with Crippen molar-refractivity contribution in [1.29, 1.82) is 0 Å². The normalized spacial score (nSPS) is 20.7. The lowest BCUT2D eigenvalue weighted by Gasteiger charge is -2.13. The molecule has 1 aliphatic heterocycles. The van der Waals surface area contributed by atoms with Gasteiger partial charge in [-0.2, -0.15) is 0 Å². The molecule has 0 radical (unpaired) electrons. The number of aromatic nitrogens is 4. The minimum atomic E-state index is -0.297. The first kappa shape index (κ1) is 16.9. The number of likely N-dealkylation sites (tertiary alicyclic amines) is 1. The average molecular weight is 357 g/mol. The molecule has 4 rings (SSSR count). The van der Waals surface area contributed by atoms with Crippen molar-refractivity contribution in [2.45, 2.75) is 18.6 Å². The molecule has 7 nitrogen and oxygen atoms in total. The zero-order valence-electron chi connectivity index (χ0n) is 14.7. The highest BCUT2D eigenvalue weighted by Gasteiger charge is 2.36. The van der Waals surface area contributed by atoms with Crippen LogP contribution >= 0.6 is 0 Å². The molecule has 1 aromatic carbocycles. The van der Waals surface area contributed by atoms with E-state index in [0.717, 1.165) is 18.8 Å². The Morgan fingerprint density at radius 1 is 1.35 bits per heavy atom. The molecule has 0 N–H and O–H groups in total. The molecule has 0 unspecified atom stereocenters. The fraction of sp³-hybridized carbons (Fsp3) is 0.389. The summed E-state index contributed by atoms with van der Waals surface area (Å²) in [6, 6.07) is 6.30. The Bertz CT molecular complexity index is 893. The molecule has 0 aliphatic carbocycles. The van der Waals surface area contributed by atoms with E-state index >= 15 is 0 Å². The van der Waals surface area contributed by atoms with Gasteiger partial charge in [0.05, 0.1) is 24.5 Å². The van der Waals surface area contributed by atoms with Crippen LogP contribution in [0.25, 0.3) is 11.3 Å². The summed E-state index contributed by atoms with van der Waals surface area (Å²) in [4.78, 5) is 6.55. The number of rotatable bonds is 5. The first-order valence-corrected chi connectivity index (χ1v) is 8.44. The van der Waals surface area contributed by atoms with E-state index in [9.17, 15) is 4.39 Å². The SMILES string of the molecule is CO[C@@H]1CN(Cc2ncc(-c3cccc(F)c3)o2)C[C@H]1c1cn(C)nn1. The van der Waals surface area contributed by atoms with Gasteiger partial charge in [-0.3, -0.25) is 9.58 Å². The minimum absolute atomic E-state index is 0.0457. The van der Waals surface area contributed by atoms with E-state index in [1.54, 1.807) is 30.1 Å². The van der Waals surface area contributed by atoms with Gasteiger partial charge in [0.15, 0.2) is 5.76 Å². The molecule has 0 saturated carbocycles. The molecule has 2 atom stereocenters. The van der Waals surface area contributed by atoms with E-state index < -0.39 is 0 Å². The van der Waals surface area contributed by atoms with Gasteiger partial charge in [-0.1, -0.05) is 17.3 Å². The maximum atomic E-state index is 13.4. The molecule has 1 aliphatic rings. The van der Waals surface area contributed by atoms with E-state index in [1.165, 1.54) is 12.1 Å². The van der Waals surface area contributed by atoms with E-state index in [0.29, 0.717) is 23.8 Å². The molecule has 0 amide bonds. The Kier molecular flexibility index (Phi) is 4.52. The van der Waals surface area contributed by atoms with Crippen LogP contribution in [-0.4, -0.2) is 51.2 Å². The highest BCUT2D eigenvalue weighted by Crippen LogP contribution is 2.29. The molecule has 3 heterocycles. The second-order valence-corrected chi connectivity index (χ2v) is 6.52. The summed E-state index contributed by atoms with van der Waals surface area (Å²) in [5.74, 6) is 1.02. The molecular weight excluding hydrogens is 337 g/mol. The van der Waals surface area contributed by atoms with Crippen LogP contribution in [0.1, 0.15) is 17.5 Å². The summed E-state index contributed by atoms with van der Waals surface area (Å²) >= 11 is 0. The Hall–Kier alpha value is -2.58. The van der Waals surface area contributed by atoms with Gasteiger partial charge < -0.3 is 9.15 Å². The van der Waals surface area contributed by atoms with Gasteiger partial charge in [-0.15, -0.1) is 5.10 Å². The maximum Gasteiger partial charge on any atom is 0.209 e. The van der Waals surface area contributed by atoms with Crippen molar-refractivity contribution >= 4 is 0 Å². The molecule has 8 heteroatoms. The van der Waals surface area contributed by atoms with Crippen molar-refractivity contribution in [2.75, 3.05) is 20.2 Å². The third kappa shape index (κ3) is 3.38. The quantitative estimate of drug-likeness (QED) is 0.697. The third-order valence-corrected chi connectivity index (χ3v) is 4.67.